The lowest BCUT2D eigenvalue weighted by Gasteiger charge is -2.24. The van der Waals surface area contributed by atoms with Crippen molar-refractivity contribution in [3.8, 4) is 0 Å². The van der Waals surface area contributed by atoms with Crippen LogP contribution in [0.4, 0.5) is 11.5 Å². The number of carbonyl (C=O) groups excluding carboxylic acids is 1. The molecule has 0 aliphatic carbocycles. The maximum atomic E-state index is 13.2. The van der Waals surface area contributed by atoms with Gasteiger partial charge < -0.3 is 14.6 Å². The number of hydrogen-bond donors (Lipinski definition) is 1. The van der Waals surface area contributed by atoms with Gasteiger partial charge in [-0.25, -0.2) is 9.78 Å². The molecule has 1 unspecified atom stereocenters. The Morgan fingerprint density at radius 3 is 2.85 bits per heavy atom. The van der Waals surface area contributed by atoms with Crippen molar-refractivity contribution in [1.29, 1.82) is 0 Å². The summed E-state index contributed by atoms with van der Waals surface area (Å²) in [5.74, 6) is 0.160. The number of oxazole rings is 1. The lowest BCUT2D eigenvalue weighted by molar-refractivity contribution is -0.132. The number of likely N-dealkylation sites (tertiary alicyclic amines) is 1. The third-order valence-electron chi connectivity index (χ3n) is 6.09. The van der Waals surface area contributed by atoms with Gasteiger partial charge in [-0.15, -0.1) is 0 Å². The molecule has 1 fully saturated rings. The number of nitrogens with one attached hydrogen (secondary N) is 1. The van der Waals surface area contributed by atoms with E-state index >= 15 is 0 Å². The van der Waals surface area contributed by atoms with E-state index in [-0.39, 0.29) is 18.5 Å². The summed E-state index contributed by atoms with van der Waals surface area (Å²) in [5.41, 5.74) is 4.85. The first-order valence-corrected chi connectivity index (χ1v) is 11.0. The van der Waals surface area contributed by atoms with Crippen LogP contribution in [0.1, 0.15) is 35.7 Å². The first-order valence-electron chi connectivity index (χ1n) is 11.0. The molecule has 0 saturated carbocycles. The van der Waals surface area contributed by atoms with Crippen LogP contribution in [-0.4, -0.2) is 31.9 Å². The Hall–Kier alpha value is -3.94. The van der Waals surface area contributed by atoms with Crippen LogP contribution in [0.3, 0.4) is 0 Å². The van der Waals surface area contributed by atoms with Crippen molar-refractivity contribution in [2.45, 2.75) is 39.3 Å². The Morgan fingerprint density at radius 1 is 1.18 bits per heavy atom. The maximum absolute atomic E-state index is 13.2. The molecular weight excluding hydrogens is 418 g/mol. The highest BCUT2D eigenvalue weighted by Gasteiger charge is 2.31. The Balaban J connectivity index is 1.34. The zero-order valence-corrected chi connectivity index (χ0v) is 18.6. The second-order valence-corrected chi connectivity index (χ2v) is 8.44. The highest BCUT2D eigenvalue weighted by molar-refractivity contribution is 5.80. The number of hydrogen-bond acceptors (Lipinski definition) is 6. The third kappa shape index (κ3) is 4.11. The highest BCUT2D eigenvalue weighted by atomic mass is 16.4. The van der Waals surface area contributed by atoms with E-state index in [0.29, 0.717) is 17.6 Å². The Labute approximate surface area is 190 Å². The minimum absolute atomic E-state index is 0.0512. The van der Waals surface area contributed by atoms with Crippen molar-refractivity contribution in [3.63, 3.8) is 0 Å². The second-order valence-electron chi connectivity index (χ2n) is 8.44. The minimum atomic E-state index is -0.516. The molecule has 1 aliphatic heterocycles. The predicted octanol–water partition coefficient (Wildman–Crippen LogP) is 4.11. The summed E-state index contributed by atoms with van der Waals surface area (Å²) in [6, 6.07) is 13.2. The van der Waals surface area contributed by atoms with Gasteiger partial charge in [0.1, 0.15) is 12.4 Å². The van der Waals surface area contributed by atoms with Gasteiger partial charge in [-0.1, -0.05) is 12.1 Å². The number of carbonyl (C=O) groups is 1. The number of nitrogens with zero attached hydrogens (tertiary/aromatic N) is 4. The Bertz CT molecular complexity index is 1370. The van der Waals surface area contributed by atoms with Crippen molar-refractivity contribution in [2.75, 3.05) is 11.9 Å². The molecule has 4 aromatic rings. The third-order valence-corrected chi connectivity index (χ3v) is 6.09. The number of amides is 1. The van der Waals surface area contributed by atoms with E-state index in [0.717, 1.165) is 41.2 Å². The predicted molar refractivity (Wildman–Crippen MR) is 125 cm³/mol. The molecule has 0 spiro atoms. The van der Waals surface area contributed by atoms with Gasteiger partial charge >= 0.3 is 5.76 Å². The van der Waals surface area contributed by atoms with E-state index in [1.165, 1.54) is 4.57 Å². The quantitative estimate of drug-likeness (QED) is 0.499. The normalized spacial score (nSPS) is 15.8. The summed E-state index contributed by atoms with van der Waals surface area (Å²) in [6.45, 7) is 4.53. The highest BCUT2D eigenvalue weighted by Crippen LogP contribution is 2.32. The number of aryl methyl sites for hydroxylation is 2. The number of pyridine rings is 2. The van der Waals surface area contributed by atoms with Crippen LogP contribution in [0.15, 0.2) is 64.1 Å². The molecule has 8 nitrogen and oxygen atoms in total. The van der Waals surface area contributed by atoms with Crippen LogP contribution in [0.2, 0.25) is 0 Å². The zero-order chi connectivity index (χ0) is 22.9. The van der Waals surface area contributed by atoms with Gasteiger partial charge in [-0.3, -0.25) is 14.3 Å². The fraction of sp³-hybridized carbons (Fsp3) is 0.280. The molecule has 1 aromatic carbocycles. The molecular formula is C25H25N5O3. The maximum Gasteiger partial charge on any atom is 0.420 e. The number of aromatic nitrogens is 3. The summed E-state index contributed by atoms with van der Waals surface area (Å²) in [5, 5.41) is 3.28. The molecule has 1 atom stereocenters. The number of fused-ring (bicyclic) bond motifs is 1. The molecule has 1 aliphatic rings. The van der Waals surface area contributed by atoms with Gasteiger partial charge in [0.15, 0.2) is 5.58 Å². The molecule has 3 aromatic heterocycles. The topological polar surface area (TPSA) is 93.3 Å². The first kappa shape index (κ1) is 20.9. The van der Waals surface area contributed by atoms with Crippen LogP contribution in [0.25, 0.3) is 11.1 Å². The molecule has 4 heterocycles. The van der Waals surface area contributed by atoms with Gasteiger partial charge in [-0.05, 0) is 68.1 Å². The van der Waals surface area contributed by atoms with E-state index in [1.807, 2.05) is 55.1 Å². The van der Waals surface area contributed by atoms with Crippen molar-refractivity contribution in [2.24, 2.45) is 0 Å². The van der Waals surface area contributed by atoms with E-state index < -0.39 is 5.76 Å². The van der Waals surface area contributed by atoms with E-state index in [9.17, 15) is 9.59 Å². The lowest BCUT2D eigenvalue weighted by Crippen LogP contribution is -2.35. The number of anilines is 2. The summed E-state index contributed by atoms with van der Waals surface area (Å²) in [4.78, 5) is 36.4. The number of rotatable bonds is 5. The van der Waals surface area contributed by atoms with Crippen LogP contribution in [0.5, 0.6) is 0 Å². The first-order chi connectivity index (χ1) is 16.0. The lowest BCUT2D eigenvalue weighted by atomic mass is 10.1. The Kier molecular flexibility index (Phi) is 5.42. The molecule has 8 heteroatoms. The standard InChI is InChI=1S/C25H25N5O3/c1-16-7-10-22-21(13-16)30(25(32)33-22)15-23(31)29-12-4-6-20(29)19-9-8-18(14-27-19)28-24-17(2)5-3-11-26-24/h3,5,7-11,13-14,20H,4,6,12,15H2,1-2H3,(H,26,28). The molecule has 5 rings (SSSR count). The van der Waals surface area contributed by atoms with Gasteiger partial charge in [0.2, 0.25) is 5.91 Å². The van der Waals surface area contributed by atoms with Crippen molar-refractivity contribution >= 4 is 28.5 Å². The summed E-state index contributed by atoms with van der Waals surface area (Å²) >= 11 is 0. The average molecular weight is 444 g/mol. The molecule has 1 amide bonds. The fourth-order valence-corrected chi connectivity index (χ4v) is 4.35. The molecule has 1 N–H and O–H groups in total. The minimum Gasteiger partial charge on any atom is -0.408 e. The molecule has 168 valence electrons. The van der Waals surface area contributed by atoms with Crippen LogP contribution in [-0.2, 0) is 11.3 Å². The average Bonchev–Trinajstić information content (AvgIpc) is 3.41. The SMILES string of the molecule is Cc1ccc2oc(=O)n(CC(=O)N3CCCC3c3ccc(Nc4ncccc4C)cn3)c2c1. The summed E-state index contributed by atoms with van der Waals surface area (Å²) in [7, 11) is 0. The molecule has 1 saturated heterocycles. The summed E-state index contributed by atoms with van der Waals surface area (Å²) < 4.78 is 6.72. The smallest absolute Gasteiger partial charge is 0.408 e. The van der Waals surface area contributed by atoms with E-state index in [1.54, 1.807) is 18.5 Å². The monoisotopic (exact) mass is 443 g/mol. The van der Waals surface area contributed by atoms with Gasteiger partial charge in [0.25, 0.3) is 0 Å². The summed E-state index contributed by atoms with van der Waals surface area (Å²) in [6.07, 6.45) is 5.24. The van der Waals surface area contributed by atoms with Crippen molar-refractivity contribution in [1.82, 2.24) is 19.4 Å². The second kappa shape index (κ2) is 8.54. The van der Waals surface area contributed by atoms with Gasteiger partial charge in [-0.2, -0.15) is 0 Å². The van der Waals surface area contributed by atoms with Crippen LogP contribution in [0, 0.1) is 13.8 Å². The molecule has 0 radical (unpaired) electrons. The van der Waals surface area contributed by atoms with E-state index in [4.69, 9.17) is 4.42 Å². The van der Waals surface area contributed by atoms with Gasteiger partial charge in [0.05, 0.1) is 29.1 Å². The Morgan fingerprint density at radius 2 is 2.06 bits per heavy atom. The molecule has 33 heavy (non-hydrogen) atoms. The largest absolute Gasteiger partial charge is 0.420 e. The van der Waals surface area contributed by atoms with Crippen molar-refractivity contribution in [3.05, 3.63) is 82.2 Å². The number of benzene rings is 1. The van der Waals surface area contributed by atoms with Crippen LogP contribution < -0.4 is 11.1 Å². The fourth-order valence-electron chi connectivity index (χ4n) is 4.35. The van der Waals surface area contributed by atoms with E-state index in [2.05, 4.69) is 15.3 Å². The van der Waals surface area contributed by atoms with Crippen molar-refractivity contribution < 1.29 is 9.21 Å². The zero-order valence-electron chi connectivity index (χ0n) is 18.6. The van der Waals surface area contributed by atoms with Gasteiger partial charge in [0, 0.05) is 12.7 Å². The molecule has 0 bridgehead atoms. The van der Waals surface area contributed by atoms with Crippen LogP contribution >= 0.6 is 0 Å².